The van der Waals surface area contributed by atoms with E-state index in [9.17, 15) is 45.3 Å². The molecule has 0 radical (unpaired) electrons. The highest BCUT2D eigenvalue weighted by Crippen LogP contribution is 2.27. The lowest BCUT2D eigenvalue weighted by Gasteiger charge is -2.42. The van der Waals surface area contributed by atoms with Crippen LogP contribution in [0.2, 0.25) is 0 Å². The van der Waals surface area contributed by atoms with Gasteiger partial charge in [-0.2, -0.15) is 0 Å². The van der Waals surface area contributed by atoms with Gasteiger partial charge in [-0.25, -0.2) is 0 Å². The Morgan fingerprint density at radius 1 is 0.421 bits per heavy atom. The Balaban J connectivity index is 1.75. The molecule has 2 aliphatic rings. The van der Waals surface area contributed by atoms with E-state index in [4.69, 9.17) is 28.4 Å². The lowest BCUT2D eigenvalue weighted by Crippen LogP contribution is -2.61. The van der Waals surface area contributed by atoms with Crippen LogP contribution < -0.4 is 0 Å². The van der Waals surface area contributed by atoms with Crippen LogP contribution in [0.4, 0.5) is 0 Å². The second-order valence-corrected chi connectivity index (χ2v) is 20.8. The normalized spacial score (nSPS) is 24.8. The molecule has 2 heterocycles. The highest BCUT2D eigenvalue weighted by atomic mass is 16.7. The summed E-state index contributed by atoms with van der Waals surface area (Å²) in [6, 6.07) is 0. The summed E-state index contributed by atoms with van der Waals surface area (Å²) in [6.45, 7) is 2.49. The van der Waals surface area contributed by atoms with Crippen molar-refractivity contribution in [1.29, 1.82) is 0 Å². The predicted molar refractivity (Wildman–Crippen MR) is 298 cm³/mol. The minimum Gasteiger partial charge on any atom is -0.462 e. The molecule has 0 amide bonds. The van der Waals surface area contributed by atoms with Crippen molar-refractivity contribution in [3.05, 3.63) is 60.8 Å². The molecule has 15 heteroatoms. The van der Waals surface area contributed by atoms with Gasteiger partial charge in [0.25, 0.3) is 0 Å². The number of esters is 2. The summed E-state index contributed by atoms with van der Waals surface area (Å²) in [5.74, 6) is -0.996. The minimum absolute atomic E-state index is 0.121. The average molecular weight is 1080 g/mol. The van der Waals surface area contributed by atoms with Crippen molar-refractivity contribution in [2.75, 3.05) is 26.4 Å². The van der Waals surface area contributed by atoms with Crippen molar-refractivity contribution in [2.45, 2.75) is 287 Å². The van der Waals surface area contributed by atoms with E-state index in [-0.39, 0.29) is 19.4 Å². The Labute approximate surface area is 458 Å². The molecule has 2 fully saturated rings. The van der Waals surface area contributed by atoms with Gasteiger partial charge in [0.15, 0.2) is 18.7 Å². The van der Waals surface area contributed by atoms with Crippen molar-refractivity contribution >= 4 is 11.9 Å². The number of aliphatic hydroxyl groups excluding tert-OH is 7. The summed E-state index contributed by atoms with van der Waals surface area (Å²) < 4.78 is 33.6. The summed E-state index contributed by atoms with van der Waals surface area (Å²) in [5.41, 5.74) is 0. The van der Waals surface area contributed by atoms with Gasteiger partial charge in [0, 0.05) is 12.8 Å². The Bertz CT molecular complexity index is 1550. The molecule has 2 saturated heterocycles. The maximum atomic E-state index is 13.0. The number of hydrogen-bond donors (Lipinski definition) is 7. The average Bonchev–Trinajstić information content (AvgIpc) is 3.41. The van der Waals surface area contributed by atoms with Crippen LogP contribution >= 0.6 is 0 Å². The van der Waals surface area contributed by atoms with E-state index in [1.165, 1.54) is 116 Å². The lowest BCUT2D eigenvalue weighted by molar-refractivity contribution is -0.332. The highest BCUT2D eigenvalue weighted by Gasteiger charge is 2.47. The molecule has 0 aliphatic carbocycles. The summed E-state index contributed by atoms with van der Waals surface area (Å²) in [4.78, 5) is 25.9. The van der Waals surface area contributed by atoms with E-state index >= 15 is 0 Å². The van der Waals surface area contributed by atoms with E-state index in [1.807, 2.05) is 0 Å². The molecular weight excluding hydrogens is 973 g/mol. The third-order valence-electron chi connectivity index (χ3n) is 13.9. The molecule has 76 heavy (non-hydrogen) atoms. The van der Waals surface area contributed by atoms with Gasteiger partial charge in [-0.1, -0.05) is 197 Å². The summed E-state index contributed by atoms with van der Waals surface area (Å²) in [7, 11) is 0. The van der Waals surface area contributed by atoms with Crippen molar-refractivity contribution in [1.82, 2.24) is 0 Å². The molecule has 440 valence electrons. The second-order valence-electron chi connectivity index (χ2n) is 20.8. The van der Waals surface area contributed by atoms with Crippen LogP contribution in [0.5, 0.6) is 0 Å². The summed E-state index contributed by atoms with van der Waals surface area (Å²) >= 11 is 0. The van der Waals surface area contributed by atoms with Crippen LogP contribution in [0, 0.1) is 0 Å². The lowest BCUT2D eigenvalue weighted by atomic mass is 9.98. The second kappa shape index (κ2) is 47.1. The molecule has 2 aliphatic heterocycles. The van der Waals surface area contributed by atoms with Gasteiger partial charge in [0.1, 0.15) is 55.4 Å². The first kappa shape index (κ1) is 69.3. The molecule has 0 aromatic heterocycles. The Morgan fingerprint density at radius 2 is 0.829 bits per heavy atom. The fourth-order valence-corrected chi connectivity index (χ4v) is 9.10. The number of carbonyl (C=O) groups is 2. The quantitative estimate of drug-likeness (QED) is 0.0171. The van der Waals surface area contributed by atoms with E-state index in [0.29, 0.717) is 12.8 Å². The van der Waals surface area contributed by atoms with Gasteiger partial charge in [0.2, 0.25) is 0 Å². The summed E-state index contributed by atoms with van der Waals surface area (Å²) in [5, 5.41) is 72.3. The third kappa shape index (κ3) is 33.6. The first-order valence-electron chi connectivity index (χ1n) is 29.9. The zero-order valence-electron chi connectivity index (χ0n) is 47.0. The molecule has 0 spiro atoms. The Morgan fingerprint density at radius 3 is 1.34 bits per heavy atom. The minimum atomic E-state index is -1.78. The van der Waals surface area contributed by atoms with Gasteiger partial charge >= 0.3 is 11.9 Å². The Hall–Kier alpha value is -2.80. The van der Waals surface area contributed by atoms with Crippen molar-refractivity contribution in [2.24, 2.45) is 0 Å². The highest BCUT2D eigenvalue weighted by molar-refractivity contribution is 5.70. The number of unbranched alkanes of at least 4 members (excludes halogenated alkanes) is 23. The van der Waals surface area contributed by atoms with Crippen LogP contribution in [-0.4, -0.2) is 142 Å². The summed E-state index contributed by atoms with van der Waals surface area (Å²) in [6.07, 6.45) is 39.7. The predicted octanol–water partition coefficient (Wildman–Crippen LogP) is 10.4. The van der Waals surface area contributed by atoms with Crippen molar-refractivity contribution < 1.29 is 73.8 Å². The maximum Gasteiger partial charge on any atom is 0.306 e. The first-order valence-corrected chi connectivity index (χ1v) is 29.9. The van der Waals surface area contributed by atoms with E-state index in [1.54, 1.807) is 0 Å². The van der Waals surface area contributed by atoms with Gasteiger partial charge in [-0.15, -0.1) is 0 Å². The number of hydrogen-bond acceptors (Lipinski definition) is 15. The zero-order chi connectivity index (χ0) is 55.3. The maximum absolute atomic E-state index is 13.0. The molecule has 4 unspecified atom stereocenters. The molecule has 0 saturated carbocycles. The molecule has 2 rings (SSSR count). The molecule has 0 bridgehead atoms. The van der Waals surface area contributed by atoms with Gasteiger partial charge in [-0.3, -0.25) is 9.59 Å². The Kier molecular flexibility index (Phi) is 42.9. The number of allylic oxidation sites excluding steroid dienone is 10. The van der Waals surface area contributed by atoms with Crippen LogP contribution in [0.3, 0.4) is 0 Å². The van der Waals surface area contributed by atoms with E-state index in [0.717, 1.165) is 64.2 Å². The molecule has 11 atom stereocenters. The number of aliphatic hydroxyl groups is 7. The van der Waals surface area contributed by atoms with Crippen molar-refractivity contribution in [3.8, 4) is 0 Å². The molecule has 15 nitrogen and oxygen atoms in total. The third-order valence-corrected chi connectivity index (χ3v) is 13.9. The molecular formula is C61H106O15. The fraction of sp³-hybridized carbons (Fsp3) is 0.803. The number of ether oxygens (including phenoxy) is 6. The first-order chi connectivity index (χ1) is 37.0. The molecule has 7 N–H and O–H groups in total. The van der Waals surface area contributed by atoms with Crippen LogP contribution in [0.15, 0.2) is 60.8 Å². The van der Waals surface area contributed by atoms with Gasteiger partial charge in [-0.05, 0) is 70.6 Å². The smallest absolute Gasteiger partial charge is 0.306 e. The fourth-order valence-electron chi connectivity index (χ4n) is 9.10. The topological polar surface area (TPSA) is 231 Å². The SMILES string of the molecule is CCC/C=C/C/C=C/C/C=C/C/C=C/CCCCCC(=O)O[C@@H](COC(=O)CCC/C=C/CCCCCCCCCCCCCCCCCCCC)CO[C@@H]1O[C@H](CO[C@@H]2O[C@H](CO)[C@H](O)C(O)C2O)[C@H](O)C(O)C1O. The number of rotatable bonds is 47. The molecule has 0 aromatic rings. The van der Waals surface area contributed by atoms with Gasteiger partial charge in [0.05, 0.1) is 19.8 Å². The van der Waals surface area contributed by atoms with Crippen LogP contribution in [0.1, 0.15) is 219 Å². The van der Waals surface area contributed by atoms with Crippen LogP contribution in [-0.2, 0) is 38.0 Å². The number of carbonyl (C=O) groups excluding carboxylic acids is 2. The monoisotopic (exact) mass is 1080 g/mol. The largest absolute Gasteiger partial charge is 0.462 e. The van der Waals surface area contributed by atoms with Crippen molar-refractivity contribution in [3.63, 3.8) is 0 Å². The van der Waals surface area contributed by atoms with Crippen LogP contribution in [0.25, 0.3) is 0 Å². The standard InChI is InChI=1S/C61H106O15/c1-3-5-7-9-11-13-15-17-19-21-22-23-24-25-26-28-29-31-33-35-37-39-41-43-52(63)71-46-49(74-53(64)44-42-40-38-36-34-32-30-27-20-18-16-14-12-10-8-6-4-2)47-72-60-59(70)57(68)55(66)51(76-60)48-73-61-58(69)56(67)54(65)50(45-62)75-61/h8,10,14,16,20,27,32,34-35,37,49-51,54-62,65-70H,3-7,9,11-13,15,17-19,21-26,28-31,33,36,38-48H2,1-2H3/b10-8+,16-14+,27-20+,34-32+,37-35+/t49-,50+,51+,54-,55-,56?,57?,58?,59?,60+,61+/m0/s1. The van der Waals surface area contributed by atoms with E-state index in [2.05, 4.69) is 74.6 Å². The van der Waals surface area contributed by atoms with Gasteiger partial charge < -0.3 is 64.2 Å². The molecule has 0 aromatic carbocycles. The van der Waals surface area contributed by atoms with E-state index < -0.39 is 99.3 Å². The zero-order valence-corrected chi connectivity index (χ0v) is 47.0.